The van der Waals surface area contributed by atoms with E-state index in [4.69, 9.17) is 4.74 Å². The van der Waals surface area contributed by atoms with Gasteiger partial charge in [0.25, 0.3) is 0 Å². The van der Waals surface area contributed by atoms with Crippen LogP contribution in [0.15, 0.2) is 59.5 Å². The number of aryl methyl sites for hydroxylation is 2. The predicted molar refractivity (Wildman–Crippen MR) is 111 cm³/mol. The van der Waals surface area contributed by atoms with Gasteiger partial charge in [-0.3, -0.25) is 4.79 Å². The first kappa shape index (κ1) is 21.2. The lowest BCUT2D eigenvalue weighted by Gasteiger charge is -2.22. The standard InChI is InChI=1S/C22H25NO5S/c1-16-10-11-20(13-17(16)2)29(26,27)23-15-19(24)14-21(23)22(25)28-12-6-9-18-7-4-3-5-8-18/h3-11,13,19,21,24H,12,14-15H2,1-2H3. The van der Waals surface area contributed by atoms with Crippen LogP contribution in [0.4, 0.5) is 0 Å². The number of carbonyl (C=O) groups excluding carboxylic acids is 1. The van der Waals surface area contributed by atoms with Crippen molar-refractivity contribution in [2.24, 2.45) is 0 Å². The molecule has 3 rings (SSSR count). The first-order valence-corrected chi connectivity index (χ1v) is 10.9. The Labute approximate surface area is 171 Å². The summed E-state index contributed by atoms with van der Waals surface area (Å²) < 4.78 is 32.4. The molecule has 0 radical (unpaired) electrons. The van der Waals surface area contributed by atoms with Crippen LogP contribution in [0.5, 0.6) is 0 Å². The Kier molecular flexibility index (Phi) is 6.52. The molecule has 2 atom stereocenters. The van der Waals surface area contributed by atoms with Gasteiger partial charge < -0.3 is 9.84 Å². The summed E-state index contributed by atoms with van der Waals surface area (Å²) in [4.78, 5) is 12.6. The fourth-order valence-corrected chi connectivity index (χ4v) is 4.96. The first-order valence-electron chi connectivity index (χ1n) is 9.44. The van der Waals surface area contributed by atoms with Crippen molar-refractivity contribution in [2.45, 2.75) is 37.3 Å². The van der Waals surface area contributed by atoms with Crippen molar-refractivity contribution in [3.8, 4) is 0 Å². The van der Waals surface area contributed by atoms with Gasteiger partial charge in [-0.25, -0.2) is 8.42 Å². The van der Waals surface area contributed by atoms with Crippen molar-refractivity contribution in [1.29, 1.82) is 0 Å². The van der Waals surface area contributed by atoms with Crippen molar-refractivity contribution < 1.29 is 23.1 Å². The summed E-state index contributed by atoms with van der Waals surface area (Å²) in [6, 6.07) is 13.4. The number of nitrogens with zero attached hydrogens (tertiary/aromatic N) is 1. The van der Waals surface area contributed by atoms with E-state index in [0.717, 1.165) is 21.0 Å². The van der Waals surface area contributed by atoms with E-state index in [1.807, 2.05) is 50.3 Å². The number of aliphatic hydroxyl groups excluding tert-OH is 1. The maximum Gasteiger partial charge on any atom is 0.324 e. The fraction of sp³-hybridized carbons (Fsp3) is 0.318. The van der Waals surface area contributed by atoms with Gasteiger partial charge in [0.1, 0.15) is 12.6 Å². The maximum absolute atomic E-state index is 13.1. The topological polar surface area (TPSA) is 83.9 Å². The van der Waals surface area contributed by atoms with Gasteiger partial charge in [-0.15, -0.1) is 0 Å². The summed E-state index contributed by atoms with van der Waals surface area (Å²) in [5.41, 5.74) is 2.79. The van der Waals surface area contributed by atoms with Gasteiger partial charge in [-0.05, 0) is 48.7 Å². The molecule has 1 saturated heterocycles. The van der Waals surface area contributed by atoms with E-state index in [2.05, 4.69) is 0 Å². The summed E-state index contributed by atoms with van der Waals surface area (Å²) in [5, 5.41) is 10.0. The molecule has 7 heteroatoms. The third kappa shape index (κ3) is 4.93. The third-order valence-corrected chi connectivity index (χ3v) is 6.89. The van der Waals surface area contributed by atoms with Gasteiger partial charge in [0.05, 0.1) is 11.0 Å². The van der Waals surface area contributed by atoms with Gasteiger partial charge in [0.2, 0.25) is 10.0 Å². The molecule has 29 heavy (non-hydrogen) atoms. The molecule has 0 bridgehead atoms. The summed E-state index contributed by atoms with van der Waals surface area (Å²) in [6.45, 7) is 3.62. The van der Waals surface area contributed by atoms with Crippen molar-refractivity contribution in [2.75, 3.05) is 13.2 Å². The summed E-state index contributed by atoms with van der Waals surface area (Å²) in [7, 11) is -3.92. The molecule has 6 nitrogen and oxygen atoms in total. The number of aliphatic hydroxyl groups is 1. The number of benzene rings is 2. The molecule has 1 fully saturated rings. The van der Waals surface area contributed by atoms with Gasteiger partial charge in [0.15, 0.2) is 0 Å². The molecule has 0 spiro atoms. The molecule has 0 amide bonds. The number of rotatable bonds is 6. The SMILES string of the molecule is Cc1ccc(S(=O)(=O)N2CC(O)CC2C(=O)OCC=Cc2ccccc2)cc1C. The molecule has 1 aliphatic rings. The van der Waals surface area contributed by atoms with Crippen LogP contribution >= 0.6 is 0 Å². The van der Waals surface area contributed by atoms with Gasteiger partial charge in [0, 0.05) is 13.0 Å². The van der Waals surface area contributed by atoms with Crippen LogP contribution in [0.3, 0.4) is 0 Å². The van der Waals surface area contributed by atoms with E-state index in [1.54, 1.807) is 18.2 Å². The lowest BCUT2D eigenvalue weighted by molar-refractivity contribution is -0.146. The molecule has 0 aliphatic carbocycles. The number of sulfonamides is 1. The van der Waals surface area contributed by atoms with Crippen molar-refractivity contribution >= 4 is 22.1 Å². The Morgan fingerprint density at radius 3 is 2.59 bits per heavy atom. The Bertz CT molecular complexity index is 1000. The zero-order valence-electron chi connectivity index (χ0n) is 16.5. The van der Waals surface area contributed by atoms with E-state index < -0.39 is 28.1 Å². The molecule has 2 unspecified atom stereocenters. The Morgan fingerprint density at radius 1 is 1.17 bits per heavy atom. The Balaban J connectivity index is 1.71. The van der Waals surface area contributed by atoms with E-state index in [0.29, 0.717) is 0 Å². The number of ether oxygens (including phenoxy) is 1. The predicted octanol–water partition coefficient (Wildman–Crippen LogP) is 2.68. The molecule has 1 heterocycles. The average Bonchev–Trinajstić information content (AvgIpc) is 3.10. The minimum absolute atomic E-state index is 0.0192. The molecule has 154 valence electrons. The summed E-state index contributed by atoms with van der Waals surface area (Å²) in [6.07, 6.45) is 2.63. The lowest BCUT2D eigenvalue weighted by Crippen LogP contribution is -2.41. The van der Waals surface area contributed by atoms with Crippen LogP contribution in [0.2, 0.25) is 0 Å². The van der Waals surface area contributed by atoms with Crippen LogP contribution in [0.1, 0.15) is 23.1 Å². The number of β-amino-alcohol motifs (C(OH)–C–C–N with tert-alkyl or cyclic N) is 1. The van der Waals surface area contributed by atoms with Gasteiger partial charge in [-0.1, -0.05) is 42.5 Å². The van der Waals surface area contributed by atoms with Crippen LogP contribution in [0, 0.1) is 13.8 Å². The molecule has 0 aromatic heterocycles. The number of esters is 1. The maximum atomic E-state index is 13.1. The van der Waals surface area contributed by atoms with E-state index in [-0.39, 0.29) is 24.5 Å². The summed E-state index contributed by atoms with van der Waals surface area (Å²) in [5.74, 6) is -0.660. The molecular weight excluding hydrogens is 390 g/mol. The molecule has 0 saturated carbocycles. The number of carbonyl (C=O) groups is 1. The molecule has 1 N–H and O–H groups in total. The highest BCUT2D eigenvalue weighted by atomic mass is 32.2. The molecule has 2 aromatic carbocycles. The van der Waals surface area contributed by atoms with Crippen molar-refractivity contribution in [1.82, 2.24) is 4.31 Å². The van der Waals surface area contributed by atoms with Crippen LogP contribution in [-0.2, 0) is 19.6 Å². The van der Waals surface area contributed by atoms with Crippen molar-refractivity contribution in [3.63, 3.8) is 0 Å². The highest BCUT2D eigenvalue weighted by molar-refractivity contribution is 7.89. The molecular formula is C22H25NO5S. The van der Waals surface area contributed by atoms with Gasteiger partial charge >= 0.3 is 5.97 Å². The second-order valence-corrected chi connectivity index (χ2v) is 9.06. The normalized spacial score (nSPS) is 20.2. The van der Waals surface area contributed by atoms with Crippen LogP contribution in [0.25, 0.3) is 6.08 Å². The van der Waals surface area contributed by atoms with Gasteiger partial charge in [-0.2, -0.15) is 4.31 Å². The largest absolute Gasteiger partial charge is 0.460 e. The zero-order chi connectivity index (χ0) is 21.0. The second-order valence-electron chi connectivity index (χ2n) is 7.17. The van der Waals surface area contributed by atoms with E-state index >= 15 is 0 Å². The minimum Gasteiger partial charge on any atom is -0.460 e. The molecule has 2 aromatic rings. The highest BCUT2D eigenvalue weighted by Crippen LogP contribution is 2.28. The minimum atomic E-state index is -3.92. The zero-order valence-corrected chi connectivity index (χ0v) is 17.3. The number of hydrogen-bond donors (Lipinski definition) is 1. The first-order chi connectivity index (χ1) is 13.8. The second kappa shape index (κ2) is 8.90. The third-order valence-electron chi connectivity index (χ3n) is 5.02. The number of hydrogen-bond acceptors (Lipinski definition) is 5. The Morgan fingerprint density at radius 2 is 1.90 bits per heavy atom. The van der Waals surface area contributed by atoms with E-state index in [9.17, 15) is 18.3 Å². The average molecular weight is 416 g/mol. The fourth-order valence-electron chi connectivity index (χ4n) is 3.25. The lowest BCUT2D eigenvalue weighted by atomic mass is 10.1. The molecule has 1 aliphatic heterocycles. The van der Waals surface area contributed by atoms with Crippen molar-refractivity contribution in [3.05, 3.63) is 71.3 Å². The monoisotopic (exact) mass is 415 g/mol. The quantitative estimate of drug-likeness (QED) is 0.734. The highest BCUT2D eigenvalue weighted by Gasteiger charge is 2.44. The van der Waals surface area contributed by atoms with Crippen LogP contribution in [-0.4, -0.2) is 49.1 Å². The smallest absolute Gasteiger partial charge is 0.324 e. The van der Waals surface area contributed by atoms with Crippen LogP contribution < -0.4 is 0 Å². The van der Waals surface area contributed by atoms with E-state index in [1.165, 1.54) is 6.07 Å². The Hall–Kier alpha value is -2.48. The summed E-state index contributed by atoms with van der Waals surface area (Å²) >= 11 is 0.